The molecule has 2 aliphatic rings. The summed E-state index contributed by atoms with van der Waals surface area (Å²) >= 11 is 0. The third-order valence-electron chi connectivity index (χ3n) is 5.74. The molecule has 0 saturated carbocycles. The predicted molar refractivity (Wildman–Crippen MR) is 98.5 cm³/mol. The molecule has 6 heteroatoms. The van der Waals surface area contributed by atoms with Gasteiger partial charge in [0.1, 0.15) is 0 Å². The number of nitrogens with zero attached hydrogens (tertiary/aromatic N) is 3. The maximum atomic E-state index is 12.5. The van der Waals surface area contributed by atoms with Gasteiger partial charge in [-0.25, -0.2) is 0 Å². The SMILES string of the molecule is COCCCN1CC2(CCN(C(=O)CCc3ccncc3)CC2)CC1=O. The fourth-order valence-electron chi connectivity index (χ4n) is 4.11. The zero-order chi connectivity index (χ0) is 18.4. The van der Waals surface area contributed by atoms with Crippen molar-refractivity contribution in [1.82, 2.24) is 14.8 Å². The van der Waals surface area contributed by atoms with Crippen molar-refractivity contribution in [3.63, 3.8) is 0 Å². The fraction of sp³-hybridized carbons (Fsp3) is 0.650. The van der Waals surface area contributed by atoms with E-state index in [1.54, 1.807) is 19.5 Å². The second-order valence-corrected chi connectivity index (χ2v) is 7.57. The van der Waals surface area contributed by atoms with Crippen molar-refractivity contribution >= 4 is 11.8 Å². The van der Waals surface area contributed by atoms with Crippen LogP contribution in [-0.2, 0) is 20.7 Å². The number of ether oxygens (including phenoxy) is 1. The van der Waals surface area contributed by atoms with Gasteiger partial charge in [0, 0.05) is 70.5 Å². The Balaban J connectivity index is 1.45. The van der Waals surface area contributed by atoms with Crippen LogP contribution in [0.2, 0.25) is 0 Å². The second kappa shape index (κ2) is 8.62. The van der Waals surface area contributed by atoms with E-state index in [0.29, 0.717) is 19.4 Å². The summed E-state index contributed by atoms with van der Waals surface area (Å²) in [4.78, 5) is 32.8. The highest BCUT2D eigenvalue weighted by atomic mass is 16.5. The molecule has 0 atom stereocenters. The number of methoxy groups -OCH3 is 1. The lowest BCUT2D eigenvalue weighted by molar-refractivity contribution is -0.133. The maximum Gasteiger partial charge on any atom is 0.223 e. The molecular weight excluding hydrogens is 330 g/mol. The number of rotatable bonds is 7. The maximum absolute atomic E-state index is 12.5. The first-order valence-corrected chi connectivity index (χ1v) is 9.55. The Hall–Kier alpha value is -1.95. The summed E-state index contributed by atoms with van der Waals surface area (Å²) in [6, 6.07) is 3.92. The largest absolute Gasteiger partial charge is 0.385 e. The van der Waals surface area contributed by atoms with E-state index in [1.165, 1.54) is 0 Å². The molecule has 1 aromatic heterocycles. The first kappa shape index (κ1) is 18.8. The molecule has 1 spiro atoms. The van der Waals surface area contributed by atoms with Crippen LogP contribution in [0.25, 0.3) is 0 Å². The number of hydrogen-bond acceptors (Lipinski definition) is 4. The minimum atomic E-state index is 0.0754. The monoisotopic (exact) mass is 359 g/mol. The number of piperidine rings is 1. The Morgan fingerprint density at radius 1 is 1.27 bits per heavy atom. The highest BCUT2D eigenvalue weighted by Gasteiger charge is 2.45. The van der Waals surface area contributed by atoms with Gasteiger partial charge in [-0.05, 0) is 43.4 Å². The van der Waals surface area contributed by atoms with Crippen LogP contribution >= 0.6 is 0 Å². The molecule has 142 valence electrons. The van der Waals surface area contributed by atoms with E-state index < -0.39 is 0 Å². The van der Waals surface area contributed by atoms with Crippen molar-refractivity contribution in [2.24, 2.45) is 5.41 Å². The predicted octanol–water partition coefficient (Wildman–Crippen LogP) is 1.89. The van der Waals surface area contributed by atoms with Gasteiger partial charge in [0.2, 0.25) is 11.8 Å². The Bertz CT molecular complexity index is 612. The van der Waals surface area contributed by atoms with Crippen LogP contribution in [-0.4, -0.2) is 66.5 Å². The fourth-order valence-corrected chi connectivity index (χ4v) is 4.11. The first-order chi connectivity index (χ1) is 12.6. The minimum absolute atomic E-state index is 0.0754. The van der Waals surface area contributed by atoms with Gasteiger partial charge < -0.3 is 14.5 Å². The summed E-state index contributed by atoms with van der Waals surface area (Å²) in [5.41, 5.74) is 1.22. The number of carbonyl (C=O) groups is 2. The minimum Gasteiger partial charge on any atom is -0.385 e. The van der Waals surface area contributed by atoms with Crippen LogP contribution in [0.5, 0.6) is 0 Å². The van der Waals surface area contributed by atoms with Gasteiger partial charge in [0.25, 0.3) is 0 Å². The van der Waals surface area contributed by atoms with Crippen LogP contribution in [0.1, 0.15) is 37.7 Å². The zero-order valence-corrected chi connectivity index (χ0v) is 15.7. The summed E-state index contributed by atoms with van der Waals surface area (Å²) < 4.78 is 5.08. The van der Waals surface area contributed by atoms with Gasteiger partial charge in [-0.1, -0.05) is 0 Å². The molecule has 2 amide bonds. The highest BCUT2D eigenvalue weighted by molar-refractivity contribution is 5.80. The molecule has 2 fully saturated rings. The Kier molecular flexibility index (Phi) is 6.25. The molecule has 0 aromatic carbocycles. The van der Waals surface area contributed by atoms with E-state index in [0.717, 1.165) is 57.4 Å². The number of aryl methyl sites for hydroxylation is 1. The quantitative estimate of drug-likeness (QED) is 0.698. The smallest absolute Gasteiger partial charge is 0.223 e. The normalized spacial score (nSPS) is 19.3. The standard InChI is InChI=1S/C20H29N3O3/c1-26-14-2-11-23-16-20(15-19(23)25)7-12-22(13-8-20)18(24)4-3-17-5-9-21-10-6-17/h5-6,9-10H,2-4,7-8,11-16H2,1H3. The summed E-state index contributed by atoms with van der Waals surface area (Å²) in [5, 5.41) is 0. The number of amides is 2. The van der Waals surface area contributed by atoms with E-state index in [2.05, 4.69) is 4.98 Å². The van der Waals surface area contributed by atoms with Crippen molar-refractivity contribution in [1.29, 1.82) is 0 Å². The van der Waals surface area contributed by atoms with E-state index >= 15 is 0 Å². The van der Waals surface area contributed by atoms with Crippen molar-refractivity contribution in [2.45, 2.75) is 38.5 Å². The molecule has 1 aromatic rings. The first-order valence-electron chi connectivity index (χ1n) is 9.55. The van der Waals surface area contributed by atoms with Gasteiger partial charge in [0.15, 0.2) is 0 Å². The van der Waals surface area contributed by atoms with E-state index in [4.69, 9.17) is 4.74 Å². The molecule has 2 saturated heterocycles. The third-order valence-corrected chi connectivity index (χ3v) is 5.74. The van der Waals surface area contributed by atoms with Gasteiger partial charge in [-0.3, -0.25) is 14.6 Å². The van der Waals surface area contributed by atoms with E-state index in [1.807, 2.05) is 21.9 Å². The molecule has 0 N–H and O–H groups in total. The molecule has 0 unspecified atom stereocenters. The number of pyridine rings is 1. The molecule has 0 radical (unpaired) electrons. The molecule has 0 aliphatic carbocycles. The summed E-state index contributed by atoms with van der Waals surface area (Å²) in [5.74, 6) is 0.483. The van der Waals surface area contributed by atoms with Gasteiger partial charge in [-0.15, -0.1) is 0 Å². The van der Waals surface area contributed by atoms with Gasteiger partial charge >= 0.3 is 0 Å². The zero-order valence-electron chi connectivity index (χ0n) is 15.7. The molecule has 26 heavy (non-hydrogen) atoms. The Labute approximate surface area is 155 Å². The number of likely N-dealkylation sites (tertiary alicyclic amines) is 2. The van der Waals surface area contributed by atoms with Crippen LogP contribution in [0.3, 0.4) is 0 Å². The topological polar surface area (TPSA) is 62.7 Å². The summed E-state index contributed by atoms with van der Waals surface area (Å²) in [6.45, 7) is 3.86. The van der Waals surface area contributed by atoms with Crippen LogP contribution in [0.15, 0.2) is 24.5 Å². The Morgan fingerprint density at radius 2 is 2.00 bits per heavy atom. The van der Waals surface area contributed by atoms with E-state index in [9.17, 15) is 9.59 Å². The number of aromatic nitrogens is 1. The number of carbonyl (C=O) groups excluding carboxylic acids is 2. The van der Waals surface area contributed by atoms with Gasteiger partial charge in [-0.2, -0.15) is 0 Å². The highest BCUT2D eigenvalue weighted by Crippen LogP contribution is 2.41. The Morgan fingerprint density at radius 3 is 2.69 bits per heavy atom. The van der Waals surface area contributed by atoms with E-state index in [-0.39, 0.29) is 17.2 Å². The van der Waals surface area contributed by atoms with Crippen LogP contribution in [0.4, 0.5) is 0 Å². The molecule has 0 bridgehead atoms. The average molecular weight is 359 g/mol. The van der Waals surface area contributed by atoms with Crippen LogP contribution < -0.4 is 0 Å². The van der Waals surface area contributed by atoms with Gasteiger partial charge in [0.05, 0.1) is 0 Å². The molecule has 3 rings (SSSR count). The lowest BCUT2D eigenvalue weighted by Crippen LogP contribution is -2.44. The molecule has 2 aliphatic heterocycles. The second-order valence-electron chi connectivity index (χ2n) is 7.57. The lowest BCUT2D eigenvalue weighted by Gasteiger charge is -2.39. The van der Waals surface area contributed by atoms with Crippen molar-refractivity contribution in [3.8, 4) is 0 Å². The average Bonchev–Trinajstić information content (AvgIpc) is 2.96. The third kappa shape index (κ3) is 4.61. The molecule has 3 heterocycles. The number of hydrogen-bond donors (Lipinski definition) is 0. The molecule has 6 nitrogen and oxygen atoms in total. The summed E-state index contributed by atoms with van der Waals surface area (Å²) in [6.07, 6.45) is 8.21. The summed E-state index contributed by atoms with van der Waals surface area (Å²) in [7, 11) is 1.69. The van der Waals surface area contributed by atoms with Crippen molar-refractivity contribution < 1.29 is 14.3 Å². The lowest BCUT2D eigenvalue weighted by atomic mass is 9.77. The van der Waals surface area contributed by atoms with Crippen molar-refractivity contribution in [3.05, 3.63) is 30.1 Å². The van der Waals surface area contributed by atoms with Crippen molar-refractivity contribution in [2.75, 3.05) is 39.9 Å². The molecular formula is C20H29N3O3. The van der Waals surface area contributed by atoms with Crippen LogP contribution in [0, 0.1) is 5.41 Å².